The third kappa shape index (κ3) is 9.93. The first-order chi connectivity index (χ1) is 13.7. The van der Waals surface area contributed by atoms with E-state index >= 15 is 0 Å². The third-order valence-electron chi connectivity index (χ3n) is 6.22. The predicted molar refractivity (Wildman–Crippen MR) is 124 cm³/mol. The Morgan fingerprint density at radius 3 is 1.41 bits per heavy atom. The van der Waals surface area contributed by atoms with E-state index in [-0.39, 0.29) is 0 Å². The Kier molecular flexibility index (Phi) is 10.8. The molecule has 0 aliphatic carbocycles. The zero-order valence-electron chi connectivity index (χ0n) is 19.8. The van der Waals surface area contributed by atoms with Crippen molar-refractivity contribution in [3.63, 3.8) is 0 Å². The lowest BCUT2D eigenvalue weighted by atomic mass is 10.2. The van der Waals surface area contributed by atoms with Crippen LogP contribution in [0.3, 0.4) is 0 Å². The van der Waals surface area contributed by atoms with E-state index in [9.17, 15) is 0 Å². The topological polar surface area (TPSA) is 46.2 Å². The molecule has 0 aromatic carbocycles. The number of rotatable bonds is 16. The van der Waals surface area contributed by atoms with Gasteiger partial charge in [0.25, 0.3) is 0 Å². The SMILES string of the molecule is CCC(CC[Si](C)(C)O[Si](C)(C)CCC(CC)OCC1CCO1)OCC1CCO1. The molecule has 5 nitrogen and oxygen atoms in total. The predicted octanol–water partition coefficient (Wildman–Crippen LogP) is 5.36. The summed E-state index contributed by atoms with van der Waals surface area (Å²) in [6.07, 6.45) is 7.99. The van der Waals surface area contributed by atoms with E-state index in [1.807, 2.05) is 0 Å². The maximum atomic E-state index is 6.85. The Labute approximate surface area is 181 Å². The van der Waals surface area contributed by atoms with E-state index in [0.29, 0.717) is 24.4 Å². The molecule has 2 fully saturated rings. The van der Waals surface area contributed by atoms with Gasteiger partial charge in [0.2, 0.25) is 0 Å². The highest BCUT2D eigenvalue weighted by Crippen LogP contribution is 2.27. The lowest BCUT2D eigenvalue weighted by Crippen LogP contribution is -2.45. The Balaban J connectivity index is 1.67. The van der Waals surface area contributed by atoms with E-state index in [1.165, 1.54) is 12.1 Å². The van der Waals surface area contributed by atoms with Gasteiger partial charge in [0.05, 0.1) is 37.6 Å². The van der Waals surface area contributed by atoms with E-state index in [0.717, 1.165) is 65.0 Å². The van der Waals surface area contributed by atoms with Crippen LogP contribution in [0.2, 0.25) is 38.3 Å². The molecule has 29 heavy (non-hydrogen) atoms. The average Bonchev–Trinajstić information content (AvgIpc) is 2.56. The lowest BCUT2D eigenvalue weighted by Gasteiger charge is -2.36. The maximum absolute atomic E-state index is 6.85. The summed E-state index contributed by atoms with van der Waals surface area (Å²) in [5.74, 6) is 0. The van der Waals surface area contributed by atoms with Gasteiger partial charge in [-0.2, -0.15) is 0 Å². The minimum Gasteiger partial charge on any atom is -0.455 e. The van der Waals surface area contributed by atoms with Gasteiger partial charge < -0.3 is 23.1 Å². The monoisotopic (exact) mass is 446 g/mol. The van der Waals surface area contributed by atoms with Gasteiger partial charge >= 0.3 is 0 Å². The molecule has 0 aromatic heterocycles. The number of ether oxygens (including phenoxy) is 4. The first-order valence-corrected chi connectivity index (χ1v) is 18.1. The van der Waals surface area contributed by atoms with Crippen molar-refractivity contribution < 1.29 is 23.1 Å². The minimum atomic E-state index is -1.69. The zero-order valence-corrected chi connectivity index (χ0v) is 21.8. The molecule has 2 saturated heterocycles. The normalized spacial score (nSPS) is 24.6. The quantitative estimate of drug-likeness (QED) is 0.299. The van der Waals surface area contributed by atoms with Crippen molar-refractivity contribution in [2.45, 2.75) is 115 Å². The summed E-state index contributed by atoms with van der Waals surface area (Å²) in [4.78, 5) is 0. The van der Waals surface area contributed by atoms with Crippen LogP contribution < -0.4 is 0 Å². The van der Waals surface area contributed by atoms with Crippen molar-refractivity contribution in [3.8, 4) is 0 Å². The molecule has 4 unspecified atom stereocenters. The second-order valence-corrected chi connectivity index (χ2v) is 18.8. The Morgan fingerprint density at radius 2 is 1.14 bits per heavy atom. The third-order valence-corrected chi connectivity index (χ3v) is 13.6. The van der Waals surface area contributed by atoms with Crippen LogP contribution in [0.15, 0.2) is 0 Å². The van der Waals surface area contributed by atoms with Crippen LogP contribution >= 0.6 is 0 Å². The Bertz CT molecular complexity index is 412. The molecule has 4 atom stereocenters. The van der Waals surface area contributed by atoms with Crippen molar-refractivity contribution in [1.82, 2.24) is 0 Å². The molecular weight excluding hydrogens is 400 g/mol. The van der Waals surface area contributed by atoms with Crippen molar-refractivity contribution in [3.05, 3.63) is 0 Å². The van der Waals surface area contributed by atoms with E-state index in [1.54, 1.807) is 0 Å². The average molecular weight is 447 g/mol. The van der Waals surface area contributed by atoms with Crippen LogP contribution in [0.4, 0.5) is 0 Å². The van der Waals surface area contributed by atoms with Crippen molar-refractivity contribution in [2.75, 3.05) is 26.4 Å². The van der Waals surface area contributed by atoms with Gasteiger partial charge in [-0.25, -0.2) is 0 Å². The molecule has 0 N–H and O–H groups in total. The molecule has 0 spiro atoms. The molecule has 0 aromatic rings. The number of hydrogen-bond donors (Lipinski definition) is 0. The summed E-state index contributed by atoms with van der Waals surface area (Å²) in [5, 5.41) is 0. The summed E-state index contributed by atoms with van der Waals surface area (Å²) < 4.78 is 30.0. The lowest BCUT2D eigenvalue weighted by molar-refractivity contribution is -0.109. The molecule has 0 saturated carbocycles. The van der Waals surface area contributed by atoms with E-state index in [2.05, 4.69) is 40.0 Å². The highest BCUT2D eigenvalue weighted by Gasteiger charge is 2.34. The summed E-state index contributed by atoms with van der Waals surface area (Å²) in [7, 11) is -3.39. The Morgan fingerprint density at radius 1 is 0.759 bits per heavy atom. The van der Waals surface area contributed by atoms with Crippen LogP contribution in [0.1, 0.15) is 52.4 Å². The molecule has 172 valence electrons. The maximum Gasteiger partial charge on any atom is 0.173 e. The van der Waals surface area contributed by atoms with Crippen molar-refractivity contribution >= 4 is 16.6 Å². The first kappa shape index (κ1) is 25.5. The summed E-state index contributed by atoms with van der Waals surface area (Å²) >= 11 is 0. The standard InChI is InChI=1S/C22H46O5Si2/c1-7-19(25-17-21-9-13-23-21)11-15-28(3,4)27-29(5,6)16-12-20(8-2)26-18-22-10-14-24-22/h19-22H,7-18H2,1-6H3. The molecule has 2 aliphatic heterocycles. The highest BCUT2D eigenvalue weighted by atomic mass is 28.4. The fourth-order valence-electron chi connectivity index (χ4n) is 4.00. The fraction of sp³-hybridized carbons (Fsp3) is 1.00. The molecule has 7 heteroatoms. The van der Waals surface area contributed by atoms with E-state index in [4.69, 9.17) is 23.1 Å². The van der Waals surface area contributed by atoms with Crippen LogP contribution in [0.5, 0.6) is 0 Å². The molecule has 2 rings (SSSR count). The summed E-state index contributed by atoms with van der Waals surface area (Å²) in [6, 6.07) is 2.33. The molecular formula is C22H46O5Si2. The van der Waals surface area contributed by atoms with Gasteiger partial charge in [0, 0.05) is 13.2 Å². The molecule has 2 heterocycles. The first-order valence-electron chi connectivity index (χ1n) is 11.9. The van der Waals surface area contributed by atoms with Gasteiger partial charge in [-0.3, -0.25) is 0 Å². The van der Waals surface area contributed by atoms with Crippen molar-refractivity contribution in [2.24, 2.45) is 0 Å². The smallest absolute Gasteiger partial charge is 0.173 e. The number of hydrogen-bond acceptors (Lipinski definition) is 5. The van der Waals surface area contributed by atoms with Gasteiger partial charge in [-0.1, -0.05) is 13.8 Å². The van der Waals surface area contributed by atoms with Gasteiger partial charge in [-0.15, -0.1) is 0 Å². The molecule has 2 aliphatic rings. The van der Waals surface area contributed by atoms with Crippen LogP contribution in [0, 0.1) is 0 Å². The van der Waals surface area contributed by atoms with Crippen molar-refractivity contribution in [1.29, 1.82) is 0 Å². The molecule has 0 bridgehead atoms. The van der Waals surface area contributed by atoms with Crippen LogP contribution in [0.25, 0.3) is 0 Å². The van der Waals surface area contributed by atoms with Gasteiger partial charge in [0.15, 0.2) is 16.6 Å². The fourth-order valence-corrected chi connectivity index (χ4v) is 12.8. The van der Waals surface area contributed by atoms with Gasteiger partial charge in [0.1, 0.15) is 0 Å². The largest absolute Gasteiger partial charge is 0.455 e. The molecule has 0 radical (unpaired) electrons. The zero-order chi connectivity index (χ0) is 21.3. The molecule has 0 amide bonds. The van der Waals surface area contributed by atoms with Gasteiger partial charge in [-0.05, 0) is 76.8 Å². The highest BCUT2D eigenvalue weighted by molar-refractivity contribution is 6.84. The second-order valence-electron chi connectivity index (χ2n) is 9.99. The van der Waals surface area contributed by atoms with Crippen LogP contribution in [-0.4, -0.2) is 67.5 Å². The minimum absolute atomic E-state index is 0.335. The summed E-state index contributed by atoms with van der Waals surface area (Å²) in [5.41, 5.74) is 0. The van der Waals surface area contributed by atoms with E-state index < -0.39 is 16.6 Å². The van der Waals surface area contributed by atoms with Crippen LogP contribution in [-0.2, 0) is 23.1 Å². The Hall–Kier alpha value is 0.234. The second kappa shape index (κ2) is 12.3. The summed E-state index contributed by atoms with van der Waals surface area (Å²) in [6.45, 7) is 17.3.